The number of aromatic nitrogens is 2. The second kappa shape index (κ2) is 5.21. The Morgan fingerprint density at radius 3 is 3.05 bits per heavy atom. The summed E-state index contributed by atoms with van der Waals surface area (Å²) in [5, 5.41) is 9.44. The molecule has 0 spiro atoms. The molecule has 2 fully saturated rings. The molecule has 1 saturated heterocycles. The lowest BCUT2D eigenvalue weighted by atomic mass is 10.1. The molecule has 2 heterocycles. The first-order chi connectivity index (χ1) is 10.3. The Kier molecular flexibility index (Phi) is 3.34. The zero-order valence-corrected chi connectivity index (χ0v) is 12.6. The van der Waals surface area contributed by atoms with Gasteiger partial charge in [-0.1, -0.05) is 0 Å². The van der Waals surface area contributed by atoms with Gasteiger partial charge in [-0.25, -0.2) is 9.97 Å². The smallest absolute Gasteiger partial charge is 0.226 e. The van der Waals surface area contributed by atoms with Crippen molar-refractivity contribution in [2.75, 3.05) is 24.7 Å². The first-order valence-electron chi connectivity index (χ1n) is 8.11. The van der Waals surface area contributed by atoms with Crippen LogP contribution in [0.3, 0.4) is 0 Å². The number of morpholine rings is 1. The minimum absolute atomic E-state index is 0.230. The van der Waals surface area contributed by atoms with Crippen LogP contribution in [0.25, 0.3) is 0 Å². The van der Waals surface area contributed by atoms with Crippen LogP contribution in [0.5, 0.6) is 0 Å². The average Bonchev–Trinajstić information content (AvgIpc) is 3.12. The van der Waals surface area contributed by atoms with Gasteiger partial charge in [0.05, 0.1) is 18.8 Å². The normalized spacial score (nSPS) is 31.3. The molecular formula is C16H23N3O2. The van der Waals surface area contributed by atoms with Gasteiger partial charge in [0.25, 0.3) is 0 Å². The summed E-state index contributed by atoms with van der Waals surface area (Å²) in [7, 11) is 0. The Bertz CT molecular complexity index is 549. The number of nitrogens with zero attached hydrogens (tertiary/aromatic N) is 3. The molecule has 1 aromatic heterocycles. The molecule has 5 nitrogen and oxygen atoms in total. The number of aliphatic hydroxyl groups is 1. The Labute approximate surface area is 125 Å². The third-order valence-corrected chi connectivity index (χ3v) is 5.28. The lowest BCUT2D eigenvalue weighted by Crippen LogP contribution is -2.49. The number of anilines is 1. The van der Waals surface area contributed by atoms with E-state index in [1.807, 2.05) is 0 Å². The maximum absolute atomic E-state index is 9.44. The average molecular weight is 289 g/mol. The molecule has 0 unspecified atom stereocenters. The van der Waals surface area contributed by atoms with Gasteiger partial charge < -0.3 is 14.7 Å². The molecule has 1 aromatic rings. The first-order valence-corrected chi connectivity index (χ1v) is 8.11. The Hall–Kier alpha value is -1.20. The van der Waals surface area contributed by atoms with E-state index in [4.69, 9.17) is 14.7 Å². The van der Waals surface area contributed by atoms with Crippen molar-refractivity contribution in [2.24, 2.45) is 5.92 Å². The van der Waals surface area contributed by atoms with Crippen LogP contribution in [0.15, 0.2) is 0 Å². The Morgan fingerprint density at radius 2 is 2.19 bits per heavy atom. The van der Waals surface area contributed by atoms with E-state index in [-0.39, 0.29) is 12.7 Å². The van der Waals surface area contributed by atoms with Crippen LogP contribution in [0.1, 0.15) is 36.2 Å². The molecule has 5 heteroatoms. The number of hydrogen-bond donors (Lipinski definition) is 1. The third-order valence-electron chi connectivity index (χ3n) is 5.28. The van der Waals surface area contributed by atoms with E-state index in [0.29, 0.717) is 12.0 Å². The van der Waals surface area contributed by atoms with Crippen molar-refractivity contribution in [3.05, 3.63) is 17.0 Å². The van der Waals surface area contributed by atoms with Crippen LogP contribution < -0.4 is 4.90 Å². The number of fused-ring (bicyclic) bond motifs is 2. The fraction of sp³-hybridized carbons (Fsp3) is 0.750. The number of hydrogen-bond acceptors (Lipinski definition) is 5. The minimum atomic E-state index is 0.230. The molecule has 0 radical (unpaired) electrons. The highest BCUT2D eigenvalue weighted by Crippen LogP contribution is 2.36. The van der Waals surface area contributed by atoms with Crippen LogP contribution >= 0.6 is 0 Å². The molecule has 0 bridgehead atoms. The summed E-state index contributed by atoms with van der Waals surface area (Å²) in [5.41, 5.74) is 3.76. The van der Waals surface area contributed by atoms with Gasteiger partial charge in [-0.2, -0.15) is 0 Å². The largest absolute Gasteiger partial charge is 0.396 e. The van der Waals surface area contributed by atoms with Crippen molar-refractivity contribution in [3.63, 3.8) is 0 Å². The van der Waals surface area contributed by atoms with Gasteiger partial charge in [-0.05, 0) is 50.5 Å². The number of ether oxygens (including phenoxy) is 1. The maximum atomic E-state index is 9.44. The van der Waals surface area contributed by atoms with Gasteiger partial charge in [-0.3, -0.25) is 0 Å². The highest BCUT2D eigenvalue weighted by Gasteiger charge is 2.42. The fourth-order valence-electron chi connectivity index (χ4n) is 4.18. The van der Waals surface area contributed by atoms with Crippen LogP contribution in [0.2, 0.25) is 0 Å². The molecule has 1 N–H and O–H groups in total. The van der Waals surface area contributed by atoms with Crippen molar-refractivity contribution < 1.29 is 9.84 Å². The van der Waals surface area contributed by atoms with Gasteiger partial charge in [0.2, 0.25) is 5.95 Å². The molecule has 1 aliphatic heterocycles. The summed E-state index contributed by atoms with van der Waals surface area (Å²) < 4.78 is 5.90. The molecule has 114 valence electrons. The second-order valence-electron chi connectivity index (χ2n) is 6.58. The summed E-state index contributed by atoms with van der Waals surface area (Å²) in [5.74, 6) is 1.24. The van der Waals surface area contributed by atoms with Crippen LogP contribution in [0, 0.1) is 12.8 Å². The number of aryl methyl sites for hydroxylation is 2. The quantitative estimate of drug-likeness (QED) is 0.888. The standard InChI is InChI=1S/C16H23N3O2/c1-10-12-3-2-4-13(12)18-16(17-10)19-5-6-21-15-8-11(9-20)7-14(15)19/h11,14-15,20H,2-9H2,1H3/t11-,14+,15+/m1/s1. The van der Waals surface area contributed by atoms with Crippen molar-refractivity contribution >= 4 is 5.95 Å². The van der Waals surface area contributed by atoms with Gasteiger partial charge in [0, 0.05) is 24.5 Å². The van der Waals surface area contributed by atoms with Crippen molar-refractivity contribution in [2.45, 2.75) is 51.2 Å². The van der Waals surface area contributed by atoms with Gasteiger partial charge in [0.1, 0.15) is 0 Å². The SMILES string of the molecule is Cc1nc(N2CCO[C@H]3C[C@H](CO)C[C@@H]32)nc2c1CCC2. The minimum Gasteiger partial charge on any atom is -0.396 e. The molecule has 3 atom stereocenters. The third kappa shape index (κ3) is 2.23. The van der Waals surface area contributed by atoms with Crippen LogP contribution in [-0.2, 0) is 17.6 Å². The first kappa shape index (κ1) is 13.5. The summed E-state index contributed by atoms with van der Waals surface area (Å²) in [6.07, 6.45) is 5.60. The van der Waals surface area contributed by atoms with E-state index in [1.165, 1.54) is 17.7 Å². The summed E-state index contributed by atoms with van der Waals surface area (Å²) in [6.45, 7) is 3.96. The molecule has 0 amide bonds. The molecule has 4 rings (SSSR count). The van der Waals surface area contributed by atoms with E-state index < -0.39 is 0 Å². The van der Waals surface area contributed by atoms with Gasteiger partial charge in [-0.15, -0.1) is 0 Å². The van der Waals surface area contributed by atoms with E-state index in [9.17, 15) is 5.11 Å². The molecule has 2 aliphatic carbocycles. The topological polar surface area (TPSA) is 58.5 Å². The molecular weight excluding hydrogens is 266 g/mol. The molecule has 0 aromatic carbocycles. The van der Waals surface area contributed by atoms with Crippen molar-refractivity contribution in [1.29, 1.82) is 0 Å². The summed E-state index contributed by atoms with van der Waals surface area (Å²) in [4.78, 5) is 12.0. The fourth-order valence-corrected chi connectivity index (χ4v) is 4.18. The van der Waals surface area contributed by atoms with Crippen molar-refractivity contribution in [3.8, 4) is 0 Å². The van der Waals surface area contributed by atoms with E-state index in [2.05, 4.69) is 11.8 Å². The van der Waals surface area contributed by atoms with E-state index in [0.717, 1.165) is 50.5 Å². The number of aliphatic hydroxyl groups excluding tert-OH is 1. The van der Waals surface area contributed by atoms with Crippen LogP contribution in [0.4, 0.5) is 5.95 Å². The predicted octanol–water partition coefficient (Wildman–Crippen LogP) is 1.25. The van der Waals surface area contributed by atoms with E-state index in [1.54, 1.807) is 0 Å². The zero-order valence-electron chi connectivity index (χ0n) is 12.6. The lowest BCUT2D eigenvalue weighted by molar-refractivity contribution is 0.0224. The highest BCUT2D eigenvalue weighted by atomic mass is 16.5. The van der Waals surface area contributed by atoms with E-state index >= 15 is 0 Å². The molecule has 3 aliphatic rings. The Balaban J connectivity index is 1.65. The predicted molar refractivity (Wildman–Crippen MR) is 79.5 cm³/mol. The lowest BCUT2D eigenvalue weighted by Gasteiger charge is -2.37. The summed E-state index contributed by atoms with van der Waals surface area (Å²) in [6, 6.07) is 0.328. The van der Waals surface area contributed by atoms with Crippen LogP contribution in [-0.4, -0.2) is 47.0 Å². The Morgan fingerprint density at radius 1 is 1.29 bits per heavy atom. The molecule has 21 heavy (non-hydrogen) atoms. The number of rotatable bonds is 2. The van der Waals surface area contributed by atoms with Gasteiger partial charge in [0.15, 0.2) is 0 Å². The highest BCUT2D eigenvalue weighted by molar-refractivity contribution is 5.41. The van der Waals surface area contributed by atoms with Gasteiger partial charge >= 0.3 is 0 Å². The molecule has 1 saturated carbocycles. The summed E-state index contributed by atoms with van der Waals surface area (Å²) >= 11 is 0. The van der Waals surface area contributed by atoms with Crippen molar-refractivity contribution in [1.82, 2.24) is 9.97 Å². The maximum Gasteiger partial charge on any atom is 0.226 e. The monoisotopic (exact) mass is 289 g/mol. The zero-order chi connectivity index (χ0) is 14.4. The second-order valence-corrected chi connectivity index (χ2v) is 6.58.